The van der Waals surface area contributed by atoms with E-state index in [2.05, 4.69) is 59.0 Å². The fraction of sp³-hybridized carbons (Fsp3) is 0.700. The van der Waals surface area contributed by atoms with Gasteiger partial charge in [0, 0.05) is 6.54 Å². The molecule has 0 aromatic heterocycles. The molecule has 120 valence electrons. The van der Waals surface area contributed by atoms with Gasteiger partial charge in [0.25, 0.3) is 0 Å². The highest BCUT2D eigenvalue weighted by Gasteiger charge is 2.19. The Bertz CT molecular complexity index is 406. The van der Waals surface area contributed by atoms with E-state index < -0.39 is 0 Å². The van der Waals surface area contributed by atoms with Gasteiger partial charge in [0.1, 0.15) is 0 Å². The van der Waals surface area contributed by atoms with Crippen LogP contribution in [0.1, 0.15) is 70.2 Å². The minimum absolute atomic E-state index is 0.370. The lowest BCUT2D eigenvalue weighted by Crippen LogP contribution is -2.29. The number of benzene rings is 1. The summed E-state index contributed by atoms with van der Waals surface area (Å²) in [6, 6.07) is 4.87. The largest absolute Gasteiger partial charge is 0.316 e. The number of hydrogen-bond acceptors (Lipinski definition) is 1. The Balaban J connectivity index is 2.91. The summed E-state index contributed by atoms with van der Waals surface area (Å²) in [5.74, 6) is 0. The maximum absolute atomic E-state index is 3.50. The molecule has 0 fully saturated rings. The molecule has 21 heavy (non-hydrogen) atoms. The smallest absolute Gasteiger partial charge is 0.000251 e. The van der Waals surface area contributed by atoms with E-state index in [-0.39, 0.29) is 0 Å². The van der Waals surface area contributed by atoms with Crippen LogP contribution in [-0.2, 0) is 25.7 Å². The topological polar surface area (TPSA) is 12.0 Å². The second-order valence-corrected chi connectivity index (χ2v) is 6.90. The molecule has 0 aliphatic carbocycles. The average Bonchev–Trinajstić information content (AvgIpc) is 2.50. The van der Waals surface area contributed by atoms with Crippen molar-refractivity contribution in [2.24, 2.45) is 5.41 Å². The quantitative estimate of drug-likeness (QED) is 0.679. The molecule has 1 rings (SSSR count). The molecule has 0 amide bonds. The predicted octanol–water partition coefficient (Wildman–Crippen LogP) is 4.94. The first kappa shape index (κ1) is 18.2. The number of nitrogens with one attached hydrogen (secondary N) is 1. The standard InChI is InChI=1S/C20H35N/c1-7-16-13-17(8-2)19(18(9-3)14-16)11-12-20(5,6)15-21-10-4/h13-14,21H,7-12,15H2,1-6H3. The average molecular weight is 290 g/mol. The van der Waals surface area contributed by atoms with Crippen LogP contribution in [0.4, 0.5) is 0 Å². The molecule has 0 unspecified atom stereocenters. The SMILES string of the molecule is CCNCC(C)(C)CCc1c(CC)cc(CC)cc1CC. The van der Waals surface area contributed by atoms with Gasteiger partial charge in [0.2, 0.25) is 0 Å². The van der Waals surface area contributed by atoms with Crippen LogP contribution < -0.4 is 5.32 Å². The Hall–Kier alpha value is -0.820. The lowest BCUT2D eigenvalue weighted by atomic mass is 9.83. The lowest BCUT2D eigenvalue weighted by molar-refractivity contribution is 0.317. The van der Waals surface area contributed by atoms with Crippen molar-refractivity contribution in [3.05, 3.63) is 34.4 Å². The summed E-state index contributed by atoms with van der Waals surface area (Å²) in [6.45, 7) is 16.0. The van der Waals surface area contributed by atoms with Gasteiger partial charge in [-0.05, 0) is 66.3 Å². The second kappa shape index (κ2) is 8.58. The van der Waals surface area contributed by atoms with E-state index in [0.717, 1.165) is 32.4 Å². The van der Waals surface area contributed by atoms with Crippen molar-refractivity contribution in [3.8, 4) is 0 Å². The molecule has 0 heterocycles. The van der Waals surface area contributed by atoms with Crippen molar-refractivity contribution < 1.29 is 0 Å². The van der Waals surface area contributed by atoms with Gasteiger partial charge in [-0.25, -0.2) is 0 Å². The van der Waals surface area contributed by atoms with Gasteiger partial charge in [0.15, 0.2) is 0 Å². The van der Waals surface area contributed by atoms with Crippen molar-refractivity contribution in [3.63, 3.8) is 0 Å². The van der Waals surface area contributed by atoms with Crippen molar-refractivity contribution in [2.75, 3.05) is 13.1 Å². The molecule has 0 saturated carbocycles. The van der Waals surface area contributed by atoms with Crippen LogP contribution in [0.2, 0.25) is 0 Å². The number of hydrogen-bond donors (Lipinski definition) is 1. The minimum atomic E-state index is 0.370. The molecule has 1 aromatic rings. The monoisotopic (exact) mass is 289 g/mol. The molecule has 0 spiro atoms. The zero-order chi connectivity index (χ0) is 15.9. The molecular weight excluding hydrogens is 254 g/mol. The zero-order valence-corrected chi connectivity index (χ0v) is 15.1. The zero-order valence-electron chi connectivity index (χ0n) is 15.1. The molecule has 0 aliphatic heterocycles. The number of rotatable bonds is 9. The van der Waals surface area contributed by atoms with E-state index in [0.29, 0.717) is 5.41 Å². The van der Waals surface area contributed by atoms with Gasteiger partial charge in [-0.15, -0.1) is 0 Å². The summed E-state index contributed by atoms with van der Waals surface area (Å²) in [4.78, 5) is 0. The number of aryl methyl sites for hydroxylation is 3. The van der Waals surface area contributed by atoms with Crippen LogP contribution in [-0.4, -0.2) is 13.1 Å². The highest BCUT2D eigenvalue weighted by atomic mass is 14.9. The van der Waals surface area contributed by atoms with E-state index in [4.69, 9.17) is 0 Å². The molecule has 1 aromatic carbocycles. The highest BCUT2D eigenvalue weighted by Crippen LogP contribution is 2.27. The van der Waals surface area contributed by atoms with Crippen LogP contribution in [0.25, 0.3) is 0 Å². The van der Waals surface area contributed by atoms with Crippen molar-refractivity contribution in [2.45, 2.75) is 73.6 Å². The first-order chi connectivity index (χ1) is 9.97. The minimum Gasteiger partial charge on any atom is -0.316 e. The first-order valence-corrected chi connectivity index (χ1v) is 8.81. The Morgan fingerprint density at radius 2 is 1.48 bits per heavy atom. The molecular formula is C20H35N. The molecule has 1 N–H and O–H groups in total. The maximum Gasteiger partial charge on any atom is 0.000251 e. The molecule has 0 atom stereocenters. The molecule has 0 radical (unpaired) electrons. The van der Waals surface area contributed by atoms with E-state index in [1.54, 1.807) is 16.7 Å². The predicted molar refractivity (Wildman–Crippen MR) is 95.2 cm³/mol. The second-order valence-electron chi connectivity index (χ2n) is 6.90. The third-order valence-corrected chi connectivity index (χ3v) is 4.57. The lowest BCUT2D eigenvalue weighted by Gasteiger charge is -2.26. The summed E-state index contributed by atoms with van der Waals surface area (Å²) >= 11 is 0. The summed E-state index contributed by atoms with van der Waals surface area (Å²) < 4.78 is 0. The van der Waals surface area contributed by atoms with Crippen LogP contribution in [0.3, 0.4) is 0 Å². The maximum atomic E-state index is 3.50. The molecule has 0 aliphatic rings. The van der Waals surface area contributed by atoms with Crippen LogP contribution in [0.5, 0.6) is 0 Å². The molecule has 0 saturated heterocycles. The fourth-order valence-electron chi connectivity index (χ4n) is 3.04. The Morgan fingerprint density at radius 1 is 0.905 bits per heavy atom. The Labute approximate surface area is 132 Å². The molecule has 0 bridgehead atoms. The van der Waals surface area contributed by atoms with E-state index in [9.17, 15) is 0 Å². The van der Waals surface area contributed by atoms with Gasteiger partial charge in [0.05, 0.1) is 0 Å². The van der Waals surface area contributed by atoms with Crippen LogP contribution >= 0.6 is 0 Å². The van der Waals surface area contributed by atoms with E-state index >= 15 is 0 Å². The van der Waals surface area contributed by atoms with Gasteiger partial charge in [-0.3, -0.25) is 0 Å². The molecule has 1 heteroatoms. The van der Waals surface area contributed by atoms with Crippen molar-refractivity contribution >= 4 is 0 Å². The van der Waals surface area contributed by atoms with E-state index in [1.807, 2.05) is 0 Å². The summed E-state index contributed by atoms with van der Waals surface area (Å²) in [5.41, 5.74) is 6.65. The van der Waals surface area contributed by atoms with Crippen molar-refractivity contribution in [1.29, 1.82) is 0 Å². The van der Waals surface area contributed by atoms with Gasteiger partial charge in [-0.1, -0.05) is 53.7 Å². The van der Waals surface area contributed by atoms with E-state index in [1.165, 1.54) is 18.4 Å². The normalized spacial score (nSPS) is 11.9. The third kappa shape index (κ3) is 5.47. The van der Waals surface area contributed by atoms with Crippen molar-refractivity contribution in [1.82, 2.24) is 5.32 Å². The Morgan fingerprint density at radius 3 is 1.90 bits per heavy atom. The fourth-order valence-corrected chi connectivity index (χ4v) is 3.04. The third-order valence-electron chi connectivity index (χ3n) is 4.57. The highest BCUT2D eigenvalue weighted by molar-refractivity contribution is 5.40. The molecule has 1 nitrogen and oxygen atoms in total. The van der Waals surface area contributed by atoms with Crippen LogP contribution in [0.15, 0.2) is 12.1 Å². The first-order valence-electron chi connectivity index (χ1n) is 8.81. The summed E-state index contributed by atoms with van der Waals surface area (Å²) in [5, 5.41) is 3.50. The van der Waals surface area contributed by atoms with Crippen LogP contribution in [0, 0.1) is 5.41 Å². The van der Waals surface area contributed by atoms with Gasteiger partial charge >= 0.3 is 0 Å². The summed E-state index contributed by atoms with van der Waals surface area (Å²) in [7, 11) is 0. The summed E-state index contributed by atoms with van der Waals surface area (Å²) in [6.07, 6.45) is 5.93. The van der Waals surface area contributed by atoms with Gasteiger partial charge < -0.3 is 5.32 Å². The van der Waals surface area contributed by atoms with Gasteiger partial charge in [-0.2, -0.15) is 0 Å². The Kier molecular flexibility index (Phi) is 7.45.